The van der Waals surface area contributed by atoms with Gasteiger partial charge in [-0.1, -0.05) is 19.3 Å². The van der Waals surface area contributed by atoms with Gasteiger partial charge in [0.15, 0.2) is 0 Å². The maximum atomic E-state index is 11.6. The van der Waals surface area contributed by atoms with Crippen molar-refractivity contribution in [1.29, 1.82) is 0 Å². The van der Waals surface area contributed by atoms with Crippen molar-refractivity contribution < 1.29 is 15.0 Å². The number of carboxylic acids is 1. The molecule has 2 rings (SSSR count). The van der Waals surface area contributed by atoms with Crippen molar-refractivity contribution in [1.82, 2.24) is 4.98 Å². The molecular weight excluding hydrogens is 218 g/mol. The van der Waals surface area contributed by atoms with Crippen LogP contribution in [-0.4, -0.2) is 21.2 Å². The summed E-state index contributed by atoms with van der Waals surface area (Å²) in [6.07, 6.45) is 5.94. The summed E-state index contributed by atoms with van der Waals surface area (Å²) in [4.78, 5) is 15.6. The first-order valence-electron chi connectivity index (χ1n) is 5.99. The van der Waals surface area contributed by atoms with Crippen LogP contribution in [0.2, 0.25) is 0 Å². The lowest BCUT2D eigenvalue weighted by atomic mass is 9.69. The Kier molecular flexibility index (Phi) is 3.43. The van der Waals surface area contributed by atoms with Gasteiger partial charge in [-0.2, -0.15) is 0 Å². The summed E-state index contributed by atoms with van der Waals surface area (Å²) < 4.78 is 0. The number of carbonyl (C=O) groups is 1. The minimum absolute atomic E-state index is 0.149. The molecule has 0 aliphatic heterocycles. The van der Waals surface area contributed by atoms with Crippen LogP contribution in [-0.2, 0) is 16.8 Å². The van der Waals surface area contributed by atoms with Gasteiger partial charge in [-0.3, -0.25) is 9.78 Å². The molecule has 0 radical (unpaired) electrons. The first-order valence-corrected chi connectivity index (χ1v) is 5.99. The Morgan fingerprint density at radius 3 is 2.65 bits per heavy atom. The molecule has 1 heterocycles. The molecule has 0 saturated heterocycles. The number of aliphatic hydroxyl groups is 1. The van der Waals surface area contributed by atoms with Crippen molar-refractivity contribution >= 4 is 5.97 Å². The number of hydrogen-bond donors (Lipinski definition) is 2. The second-order valence-electron chi connectivity index (χ2n) is 4.64. The molecule has 4 nitrogen and oxygen atoms in total. The van der Waals surface area contributed by atoms with Crippen LogP contribution >= 0.6 is 0 Å². The number of carboxylic acid groups (broad SMARTS) is 1. The highest BCUT2D eigenvalue weighted by Gasteiger charge is 2.41. The summed E-state index contributed by atoms with van der Waals surface area (Å²) >= 11 is 0. The normalized spacial score (nSPS) is 18.9. The van der Waals surface area contributed by atoms with Crippen LogP contribution in [0.4, 0.5) is 0 Å². The average Bonchev–Trinajstić information content (AvgIpc) is 2.39. The van der Waals surface area contributed by atoms with Gasteiger partial charge in [0.2, 0.25) is 0 Å². The zero-order valence-corrected chi connectivity index (χ0v) is 9.72. The Morgan fingerprint density at radius 1 is 1.35 bits per heavy atom. The van der Waals surface area contributed by atoms with E-state index in [1.807, 2.05) is 0 Å². The van der Waals surface area contributed by atoms with Crippen molar-refractivity contribution in [2.75, 3.05) is 0 Å². The van der Waals surface area contributed by atoms with Gasteiger partial charge >= 0.3 is 5.97 Å². The first-order chi connectivity index (χ1) is 8.19. The van der Waals surface area contributed by atoms with Gasteiger partial charge in [-0.15, -0.1) is 0 Å². The van der Waals surface area contributed by atoms with Gasteiger partial charge in [0, 0.05) is 6.20 Å². The Hall–Kier alpha value is -1.42. The summed E-state index contributed by atoms with van der Waals surface area (Å²) in [5.41, 5.74) is 0.544. The number of aromatic nitrogens is 1. The molecular formula is C13H17NO3. The van der Waals surface area contributed by atoms with E-state index in [2.05, 4.69) is 4.98 Å². The largest absolute Gasteiger partial charge is 0.481 e. The zero-order chi connectivity index (χ0) is 12.3. The zero-order valence-electron chi connectivity index (χ0n) is 9.72. The lowest BCUT2D eigenvalue weighted by Gasteiger charge is -2.33. The Morgan fingerprint density at radius 2 is 2.06 bits per heavy atom. The van der Waals surface area contributed by atoms with E-state index in [1.54, 1.807) is 18.3 Å². The Bertz CT molecular complexity index is 411. The highest BCUT2D eigenvalue weighted by atomic mass is 16.4. The van der Waals surface area contributed by atoms with Crippen molar-refractivity contribution in [3.8, 4) is 0 Å². The smallest absolute Gasteiger partial charge is 0.314 e. The molecule has 1 aromatic rings. The maximum Gasteiger partial charge on any atom is 0.314 e. The molecule has 2 N–H and O–H groups in total. The van der Waals surface area contributed by atoms with Gasteiger partial charge < -0.3 is 10.2 Å². The molecule has 1 aliphatic carbocycles. The maximum absolute atomic E-state index is 11.6. The minimum atomic E-state index is -0.773. The molecule has 0 bridgehead atoms. The summed E-state index contributed by atoms with van der Waals surface area (Å²) in [6, 6.07) is 3.48. The average molecular weight is 235 g/mol. The van der Waals surface area contributed by atoms with E-state index < -0.39 is 11.4 Å². The highest BCUT2D eigenvalue weighted by Crippen LogP contribution is 2.39. The monoisotopic (exact) mass is 235 g/mol. The molecule has 0 amide bonds. The predicted molar refractivity (Wildman–Crippen MR) is 62.6 cm³/mol. The van der Waals surface area contributed by atoms with Crippen LogP contribution in [0, 0.1) is 0 Å². The van der Waals surface area contributed by atoms with Gasteiger partial charge in [0.1, 0.15) is 0 Å². The van der Waals surface area contributed by atoms with E-state index in [0.29, 0.717) is 18.5 Å². The van der Waals surface area contributed by atoms with E-state index in [1.165, 1.54) is 0 Å². The molecule has 0 atom stereocenters. The number of pyridine rings is 1. The van der Waals surface area contributed by atoms with Crippen molar-refractivity contribution in [3.63, 3.8) is 0 Å². The molecule has 92 valence electrons. The third kappa shape index (κ3) is 2.17. The summed E-state index contributed by atoms with van der Waals surface area (Å²) in [5.74, 6) is -0.757. The van der Waals surface area contributed by atoms with Crippen molar-refractivity contribution in [2.24, 2.45) is 0 Å². The lowest BCUT2D eigenvalue weighted by molar-refractivity contribution is -0.145. The number of nitrogens with zero attached hydrogens (tertiary/aromatic N) is 1. The summed E-state index contributed by atoms with van der Waals surface area (Å²) in [6.45, 7) is -0.149. The van der Waals surface area contributed by atoms with E-state index in [4.69, 9.17) is 5.11 Å². The number of aliphatic hydroxyl groups excluding tert-OH is 1. The fourth-order valence-corrected chi connectivity index (χ4v) is 2.64. The quantitative estimate of drug-likeness (QED) is 0.839. The third-order valence-corrected chi connectivity index (χ3v) is 3.65. The molecule has 0 aromatic carbocycles. The SMILES string of the molecule is O=C(O)C1(c2ccnc(CO)c2)CCCCC1. The molecule has 1 saturated carbocycles. The van der Waals surface area contributed by atoms with Crippen LogP contribution in [0.3, 0.4) is 0 Å². The van der Waals surface area contributed by atoms with Gasteiger partial charge in [-0.25, -0.2) is 0 Å². The standard InChI is InChI=1S/C13H17NO3/c15-9-11-8-10(4-7-14-11)13(12(16)17)5-2-1-3-6-13/h4,7-8,15H,1-3,5-6,9H2,(H,16,17). The molecule has 17 heavy (non-hydrogen) atoms. The number of aliphatic carboxylic acids is 1. The summed E-state index contributed by atoms with van der Waals surface area (Å²) in [5, 5.41) is 18.6. The van der Waals surface area contributed by atoms with Crippen LogP contribution < -0.4 is 0 Å². The highest BCUT2D eigenvalue weighted by molar-refractivity contribution is 5.81. The molecule has 1 aliphatic rings. The van der Waals surface area contributed by atoms with Crippen molar-refractivity contribution in [2.45, 2.75) is 44.1 Å². The fraction of sp³-hybridized carbons (Fsp3) is 0.538. The van der Waals surface area contributed by atoms with E-state index in [0.717, 1.165) is 24.8 Å². The topological polar surface area (TPSA) is 70.4 Å². The van der Waals surface area contributed by atoms with E-state index >= 15 is 0 Å². The molecule has 1 fully saturated rings. The lowest BCUT2D eigenvalue weighted by Crippen LogP contribution is -2.37. The number of hydrogen-bond acceptors (Lipinski definition) is 3. The summed E-state index contributed by atoms with van der Waals surface area (Å²) in [7, 11) is 0. The number of rotatable bonds is 3. The second-order valence-corrected chi connectivity index (χ2v) is 4.64. The van der Waals surface area contributed by atoms with Crippen molar-refractivity contribution in [3.05, 3.63) is 29.6 Å². The predicted octanol–water partition coefficient (Wildman–Crippen LogP) is 1.86. The van der Waals surface area contributed by atoms with Gasteiger partial charge in [0.25, 0.3) is 0 Å². The third-order valence-electron chi connectivity index (χ3n) is 3.65. The van der Waals surface area contributed by atoms with Crippen LogP contribution in [0.1, 0.15) is 43.4 Å². The molecule has 0 unspecified atom stereocenters. The molecule has 0 spiro atoms. The molecule has 4 heteroatoms. The fourth-order valence-electron chi connectivity index (χ4n) is 2.64. The molecule has 1 aromatic heterocycles. The minimum Gasteiger partial charge on any atom is -0.481 e. The Balaban J connectivity index is 2.41. The van der Waals surface area contributed by atoms with Gasteiger partial charge in [-0.05, 0) is 30.5 Å². The van der Waals surface area contributed by atoms with E-state index in [9.17, 15) is 9.90 Å². The van der Waals surface area contributed by atoms with Crippen LogP contribution in [0.15, 0.2) is 18.3 Å². The van der Waals surface area contributed by atoms with Gasteiger partial charge in [0.05, 0.1) is 17.7 Å². The first kappa shape index (κ1) is 12.0. The van der Waals surface area contributed by atoms with E-state index in [-0.39, 0.29) is 6.61 Å². The van der Waals surface area contributed by atoms with Crippen LogP contribution in [0.25, 0.3) is 0 Å². The van der Waals surface area contributed by atoms with Crippen LogP contribution in [0.5, 0.6) is 0 Å². The Labute approximate surface area is 100 Å². The second kappa shape index (κ2) is 4.84.